The largest absolute Gasteiger partial charge is 0.459 e. The summed E-state index contributed by atoms with van der Waals surface area (Å²) in [6.45, 7) is 12.4. The van der Waals surface area contributed by atoms with Crippen LogP contribution in [0.3, 0.4) is 0 Å². The number of aliphatic hydroxyl groups excluding tert-OH is 1. The highest BCUT2D eigenvalue weighted by molar-refractivity contribution is 5.94. The summed E-state index contributed by atoms with van der Waals surface area (Å²) in [5.41, 5.74) is 5.25. The molecular weight excluding hydrogens is 496 g/mol. The fourth-order valence-electron chi connectivity index (χ4n) is 5.67. The van der Waals surface area contributed by atoms with Crippen LogP contribution in [0.15, 0.2) is 31.0 Å². The number of nitrogens with zero attached hydrogens (tertiary/aromatic N) is 8. The van der Waals surface area contributed by atoms with Gasteiger partial charge in [-0.1, -0.05) is 12.6 Å². The Bertz CT molecular complexity index is 1360. The van der Waals surface area contributed by atoms with Crippen LogP contribution in [-0.2, 0) is 24.5 Å². The van der Waals surface area contributed by atoms with Gasteiger partial charge in [0, 0.05) is 50.2 Å². The molecule has 4 heterocycles. The molecule has 3 aromatic rings. The Morgan fingerprint density at radius 3 is 2.64 bits per heavy atom. The van der Waals surface area contributed by atoms with Gasteiger partial charge in [0.25, 0.3) is 0 Å². The number of rotatable bonds is 8. The van der Waals surface area contributed by atoms with Gasteiger partial charge in [0.1, 0.15) is 18.7 Å². The molecule has 39 heavy (non-hydrogen) atoms. The summed E-state index contributed by atoms with van der Waals surface area (Å²) in [5, 5.41) is 15.1. The molecule has 1 amide bonds. The monoisotopic (exact) mass is 534 g/mol. The molecule has 0 saturated carbocycles. The zero-order chi connectivity index (χ0) is 27.7. The fraction of sp³-hybridized carbons (Fsp3) is 0.500. The van der Waals surface area contributed by atoms with E-state index in [4.69, 9.17) is 14.7 Å². The summed E-state index contributed by atoms with van der Waals surface area (Å²) in [4.78, 5) is 30.5. The number of amides is 1. The van der Waals surface area contributed by atoms with Crippen LogP contribution < -0.4 is 14.5 Å². The van der Waals surface area contributed by atoms with Crippen LogP contribution >= 0.6 is 0 Å². The van der Waals surface area contributed by atoms with Crippen molar-refractivity contribution in [1.82, 2.24) is 29.5 Å². The van der Waals surface area contributed by atoms with Crippen molar-refractivity contribution in [2.75, 3.05) is 63.2 Å². The van der Waals surface area contributed by atoms with Crippen LogP contribution in [0.5, 0.6) is 6.01 Å². The smallest absolute Gasteiger partial charge is 0.318 e. The third kappa shape index (κ3) is 5.41. The second kappa shape index (κ2) is 11.2. The van der Waals surface area contributed by atoms with Gasteiger partial charge in [0.2, 0.25) is 5.91 Å². The molecule has 208 valence electrons. The first-order valence-electron chi connectivity index (χ1n) is 13.5. The van der Waals surface area contributed by atoms with Crippen LogP contribution in [0, 0.1) is 6.92 Å². The van der Waals surface area contributed by atoms with E-state index in [1.807, 2.05) is 38.2 Å². The molecule has 2 aromatic heterocycles. The van der Waals surface area contributed by atoms with Crippen molar-refractivity contribution in [3.8, 4) is 6.01 Å². The average molecular weight is 535 g/mol. The number of likely N-dealkylation sites (N-methyl/N-ethyl adjacent to an activating group) is 1. The Morgan fingerprint density at radius 1 is 1.18 bits per heavy atom. The average Bonchev–Trinajstić information content (AvgIpc) is 3.34. The highest BCUT2D eigenvalue weighted by Crippen LogP contribution is 2.36. The van der Waals surface area contributed by atoms with Crippen molar-refractivity contribution in [3.05, 3.63) is 47.8 Å². The Balaban J connectivity index is 1.49. The standard InChI is InChI=1S/C28H38N8O3/c1-6-25(38)33-11-13-34(14-12-33)27-21-9-10-35(17-23(21)30-28(31-27)39-20(3)16-32(4)5)26-19(2)7-8-24-22(26)15-29-36(24)18-37/h6-8,15,20,37H,1,9-14,16-18H2,2-5H3. The molecule has 1 fully saturated rings. The lowest BCUT2D eigenvalue weighted by Crippen LogP contribution is -2.49. The molecule has 0 aliphatic carbocycles. The maximum Gasteiger partial charge on any atom is 0.318 e. The minimum atomic E-state index is -0.164. The van der Waals surface area contributed by atoms with Crippen molar-refractivity contribution in [2.45, 2.75) is 39.6 Å². The van der Waals surface area contributed by atoms with E-state index in [0.29, 0.717) is 38.7 Å². The topological polar surface area (TPSA) is 103 Å². The van der Waals surface area contributed by atoms with Crippen LogP contribution in [0.25, 0.3) is 10.9 Å². The zero-order valence-corrected chi connectivity index (χ0v) is 23.3. The summed E-state index contributed by atoms with van der Waals surface area (Å²) >= 11 is 0. The molecule has 1 atom stereocenters. The molecule has 5 rings (SSSR count). The Hall–Kier alpha value is -3.70. The molecule has 2 aliphatic heterocycles. The number of anilines is 2. The van der Waals surface area contributed by atoms with Gasteiger partial charge in [-0.2, -0.15) is 15.1 Å². The Morgan fingerprint density at radius 2 is 1.95 bits per heavy atom. The Labute approximate surface area is 229 Å². The van der Waals surface area contributed by atoms with Gasteiger partial charge >= 0.3 is 6.01 Å². The van der Waals surface area contributed by atoms with Crippen molar-refractivity contribution in [1.29, 1.82) is 0 Å². The van der Waals surface area contributed by atoms with Gasteiger partial charge in [-0.25, -0.2) is 4.68 Å². The van der Waals surface area contributed by atoms with E-state index in [1.165, 1.54) is 6.08 Å². The first-order chi connectivity index (χ1) is 18.8. The maximum absolute atomic E-state index is 12.1. The van der Waals surface area contributed by atoms with Crippen molar-refractivity contribution < 1.29 is 14.6 Å². The number of aromatic nitrogens is 4. The van der Waals surface area contributed by atoms with Gasteiger partial charge in [0.05, 0.1) is 29.6 Å². The number of carbonyl (C=O) groups is 1. The number of fused-ring (bicyclic) bond motifs is 2. The van der Waals surface area contributed by atoms with E-state index in [1.54, 1.807) is 4.68 Å². The minimum absolute atomic E-state index is 0.0365. The second-order valence-corrected chi connectivity index (χ2v) is 10.6. The predicted molar refractivity (Wildman–Crippen MR) is 151 cm³/mol. The molecule has 1 N–H and O–H groups in total. The summed E-state index contributed by atoms with van der Waals surface area (Å²) in [6, 6.07) is 4.46. The SMILES string of the molecule is C=CC(=O)N1CCN(c2nc(OC(C)CN(C)C)nc3c2CCN(c2c(C)ccc4c2cnn4CO)C3)CC1. The van der Waals surface area contributed by atoms with Crippen molar-refractivity contribution in [2.24, 2.45) is 0 Å². The fourth-order valence-corrected chi connectivity index (χ4v) is 5.67. The van der Waals surface area contributed by atoms with Gasteiger partial charge in [-0.15, -0.1) is 0 Å². The molecule has 0 spiro atoms. The molecule has 2 aliphatic rings. The van der Waals surface area contributed by atoms with Gasteiger partial charge in [-0.05, 0) is 52.1 Å². The number of piperazine rings is 1. The normalized spacial score (nSPS) is 16.5. The van der Waals surface area contributed by atoms with Gasteiger partial charge in [0.15, 0.2) is 0 Å². The highest BCUT2D eigenvalue weighted by atomic mass is 16.5. The van der Waals surface area contributed by atoms with Crippen LogP contribution in [-0.4, -0.2) is 100 Å². The first-order valence-corrected chi connectivity index (χ1v) is 13.5. The third-order valence-electron chi connectivity index (χ3n) is 7.47. The van der Waals surface area contributed by atoms with Crippen molar-refractivity contribution >= 4 is 28.3 Å². The highest BCUT2D eigenvalue weighted by Gasteiger charge is 2.30. The third-order valence-corrected chi connectivity index (χ3v) is 7.47. The van der Waals surface area contributed by atoms with Crippen LogP contribution in [0.2, 0.25) is 0 Å². The van der Waals surface area contributed by atoms with Gasteiger partial charge < -0.3 is 29.4 Å². The maximum atomic E-state index is 12.1. The molecule has 1 aromatic carbocycles. The molecular formula is C28H38N8O3. The molecule has 1 saturated heterocycles. The van der Waals surface area contributed by atoms with Crippen LogP contribution in [0.1, 0.15) is 23.7 Å². The van der Waals surface area contributed by atoms with E-state index in [0.717, 1.165) is 58.7 Å². The van der Waals surface area contributed by atoms with E-state index in [-0.39, 0.29) is 18.7 Å². The number of benzene rings is 1. The number of aliphatic hydroxyl groups is 1. The number of ether oxygens (including phenoxy) is 1. The lowest BCUT2D eigenvalue weighted by Gasteiger charge is -2.38. The minimum Gasteiger partial charge on any atom is -0.459 e. The van der Waals surface area contributed by atoms with E-state index < -0.39 is 0 Å². The van der Waals surface area contributed by atoms with E-state index in [9.17, 15) is 9.90 Å². The number of carbonyl (C=O) groups excluding carboxylic acids is 1. The molecule has 1 unspecified atom stereocenters. The molecule has 11 nitrogen and oxygen atoms in total. The molecule has 0 bridgehead atoms. The zero-order valence-electron chi connectivity index (χ0n) is 23.3. The van der Waals surface area contributed by atoms with Crippen LogP contribution in [0.4, 0.5) is 11.5 Å². The summed E-state index contributed by atoms with van der Waals surface area (Å²) in [5.74, 6) is 0.867. The number of aryl methyl sites for hydroxylation is 1. The lowest BCUT2D eigenvalue weighted by atomic mass is 10.0. The van der Waals surface area contributed by atoms with E-state index in [2.05, 4.69) is 39.4 Å². The van der Waals surface area contributed by atoms with E-state index >= 15 is 0 Å². The quantitative estimate of drug-likeness (QED) is 0.434. The lowest BCUT2D eigenvalue weighted by molar-refractivity contribution is -0.126. The summed E-state index contributed by atoms with van der Waals surface area (Å²) < 4.78 is 7.83. The predicted octanol–water partition coefficient (Wildman–Crippen LogP) is 1.81. The number of hydrogen-bond acceptors (Lipinski definition) is 9. The van der Waals surface area contributed by atoms with Gasteiger partial charge in [-0.3, -0.25) is 4.79 Å². The Kier molecular flexibility index (Phi) is 7.72. The number of hydrogen-bond donors (Lipinski definition) is 1. The summed E-state index contributed by atoms with van der Waals surface area (Å²) in [6.07, 6.45) is 3.92. The second-order valence-electron chi connectivity index (χ2n) is 10.6. The molecule has 0 radical (unpaired) electrons. The summed E-state index contributed by atoms with van der Waals surface area (Å²) in [7, 11) is 4.03. The first kappa shape index (κ1) is 26.9. The molecule has 11 heteroatoms. The van der Waals surface area contributed by atoms with Crippen molar-refractivity contribution in [3.63, 3.8) is 0 Å².